The standard InChI is InChI=1S/C27H26Cl2N6O3/c1-3-22(27(37)33-18-7-8-21-16(11-18)5-4-10-32-21)34-14-24(38-2)20(13-26(34)36)19-12-17(28)6-9-23(19)35(31)15-25(29)30/h4-15,22H,3,30-31H2,1-2H3,(H,33,37)/b25-15-. The Labute approximate surface area is 229 Å². The SMILES string of the molecule is CCC(C(=O)Nc1ccc2ncccc2c1)n1cc(OC)c(-c2cc(Cl)ccc2N(N)/C=C(\N)Cl)cc1=O. The molecule has 5 N–H and O–H groups in total. The Morgan fingerprint density at radius 1 is 1.21 bits per heavy atom. The number of amides is 1. The van der Waals surface area contributed by atoms with Crippen LogP contribution in [0.15, 0.2) is 83.1 Å². The highest BCUT2D eigenvalue weighted by Crippen LogP contribution is 2.37. The summed E-state index contributed by atoms with van der Waals surface area (Å²) in [6.07, 6.45) is 4.90. The number of benzene rings is 2. The van der Waals surface area contributed by atoms with Crippen LogP contribution in [0.2, 0.25) is 5.02 Å². The van der Waals surface area contributed by atoms with Crippen molar-refractivity contribution >= 4 is 51.4 Å². The molecule has 4 rings (SSSR count). The van der Waals surface area contributed by atoms with E-state index in [9.17, 15) is 9.59 Å². The summed E-state index contributed by atoms with van der Waals surface area (Å²) < 4.78 is 6.97. The summed E-state index contributed by atoms with van der Waals surface area (Å²) in [6.45, 7) is 1.83. The number of nitrogens with zero attached hydrogens (tertiary/aromatic N) is 3. The number of hydrogen-bond acceptors (Lipinski definition) is 7. The smallest absolute Gasteiger partial charge is 0.252 e. The Morgan fingerprint density at radius 3 is 2.71 bits per heavy atom. The highest BCUT2D eigenvalue weighted by Gasteiger charge is 2.23. The minimum Gasteiger partial charge on any atom is -0.495 e. The summed E-state index contributed by atoms with van der Waals surface area (Å²) in [6, 6.07) is 14.7. The normalized spacial score (nSPS) is 12.3. The number of nitrogens with two attached hydrogens (primary N) is 2. The number of anilines is 2. The van der Waals surface area contributed by atoms with E-state index < -0.39 is 11.6 Å². The zero-order valence-corrected chi connectivity index (χ0v) is 22.2. The van der Waals surface area contributed by atoms with Gasteiger partial charge in [-0.15, -0.1) is 0 Å². The van der Waals surface area contributed by atoms with Gasteiger partial charge in [0.2, 0.25) is 5.91 Å². The predicted molar refractivity (Wildman–Crippen MR) is 152 cm³/mol. The van der Waals surface area contributed by atoms with Crippen molar-refractivity contribution in [1.82, 2.24) is 9.55 Å². The fraction of sp³-hybridized carbons (Fsp3) is 0.148. The number of carbonyl (C=O) groups is 1. The van der Waals surface area contributed by atoms with Gasteiger partial charge in [0.1, 0.15) is 16.9 Å². The van der Waals surface area contributed by atoms with E-state index in [0.29, 0.717) is 39.7 Å². The van der Waals surface area contributed by atoms with E-state index in [0.717, 1.165) is 10.9 Å². The molecule has 0 bridgehead atoms. The Hall–Kier alpha value is -4.05. The molecule has 1 amide bonds. The summed E-state index contributed by atoms with van der Waals surface area (Å²) in [5, 5.41) is 5.40. The maximum absolute atomic E-state index is 13.3. The number of rotatable bonds is 8. The Kier molecular flexibility index (Phi) is 8.21. The quantitative estimate of drug-likeness (QED) is 0.159. The second kappa shape index (κ2) is 11.6. The van der Waals surface area contributed by atoms with Crippen molar-refractivity contribution < 1.29 is 9.53 Å². The van der Waals surface area contributed by atoms with E-state index in [1.54, 1.807) is 30.5 Å². The number of methoxy groups -OCH3 is 1. The molecule has 0 saturated carbocycles. The Balaban J connectivity index is 1.72. The fourth-order valence-electron chi connectivity index (χ4n) is 4.18. The summed E-state index contributed by atoms with van der Waals surface area (Å²) in [5.41, 5.74) is 7.99. The zero-order chi connectivity index (χ0) is 27.4. The van der Waals surface area contributed by atoms with Crippen LogP contribution in [0.4, 0.5) is 11.4 Å². The van der Waals surface area contributed by atoms with E-state index in [-0.39, 0.29) is 11.1 Å². The third-order valence-corrected chi connectivity index (χ3v) is 6.28. The molecule has 0 saturated heterocycles. The summed E-state index contributed by atoms with van der Waals surface area (Å²) in [7, 11) is 1.47. The predicted octanol–water partition coefficient (Wildman–Crippen LogP) is 4.99. The highest BCUT2D eigenvalue weighted by atomic mass is 35.5. The third kappa shape index (κ3) is 5.75. The molecule has 4 aromatic rings. The third-order valence-electron chi connectivity index (χ3n) is 5.95. The van der Waals surface area contributed by atoms with Crippen molar-refractivity contribution in [2.75, 3.05) is 17.4 Å². The molecule has 2 aromatic heterocycles. The number of carbonyl (C=O) groups excluding carboxylic acids is 1. The first-order chi connectivity index (χ1) is 18.2. The van der Waals surface area contributed by atoms with Crippen LogP contribution in [0.5, 0.6) is 5.75 Å². The Morgan fingerprint density at radius 2 is 2.00 bits per heavy atom. The van der Waals surface area contributed by atoms with Gasteiger partial charge in [-0.1, -0.05) is 36.2 Å². The number of halogens is 2. The molecule has 0 aliphatic rings. The van der Waals surface area contributed by atoms with Crippen molar-refractivity contribution in [2.45, 2.75) is 19.4 Å². The molecule has 0 fully saturated rings. The molecule has 38 heavy (non-hydrogen) atoms. The van der Waals surface area contributed by atoms with E-state index in [1.165, 1.54) is 35.1 Å². The molecule has 11 heteroatoms. The van der Waals surface area contributed by atoms with Gasteiger partial charge in [0, 0.05) is 39.5 Å². The van der Waals surface area contributed by atoms with Crippen molar-refractivity contribution in [1.29, 1.82) is 0 Å². The number of fused-ring (bicyclic) bond motifs is 1. The summed E-state index contributed by atoms with van der Waals surface area (Å²) in [4.78, 5) is 30.9. The molecule has 0 aliphatic carbocycles. The molecular weight excluding hydrogens is 527 g/mol. The van der Waals surface area contributed by atoms with Gasteiger partial charge in [0.15, 0.2) is 0 Å². The summed E-state index contributed by atoms with van der Waals surface area (Å²) in [5.74, 6) is 6.13. The van der Waals surface area contributed by atoms with E-state index >= 15 is 0 Å². The van der Waals surface area contributed by atoms with E-state index in [4.69, 9.17) is 39.5 Å². The number of aromatic nitrogens is 2. The number of hydrogen-bond donors (Lipinski definition) is 3. The molecule has 2 aromatic carbocycles. The van der Waals surface area contributed by atoms with Crippen LogP contribution in [0, 0.1) is 0 Å². The van der Waals surface area contributed by atoms with Gasteiger partial charge in [-0.05, 0) is 48.9 Å². The molecule has 2 heterocycles. The number of hydrazine groups is 1. The van der Waals surface area contributed by atoms with Crippen LogP contribution in [-0.4, -0.2) is 22.6 Å². The lowest BCUT2D eigenvalue weighted by molar-refractivity contribution is -0.119. The Bertz CT molecular complexity index is 1580. The lowest BCUT2D eigenvalue weighted by Crippen LogP contribution is -2.32. The van der Waals surface area contributed by atoms with Gasteiger partial charge in [0.05, 0.1) is 30.7 Å². The van der Waals surface area contributed by atoms with Gasteiger partial charge in [-0.25, -0.2) is 5.84 Å². The second-order valence-corrected chi connectivity index (χ2v) is 9.28. The van der Waals surface area contributed by atoms with Crippen molar-refractivity contribution in [3.8, 4) is 16.9 Å². The van der Waals surface area contributed by atoms with Crippen LogP contribution in [0.25, 0.3) is 22.0 Å². The monoisotopic (exact) mass is 552 g/mol. The van der Waals surface area contributed by atoms with Gasteiger partial charge in [-0.3, -0.25) is 24.1 Å². The second-order valence-electron chi connectivity index (χ2n) is 8.41. The summed E-state index contributed by atoms with van der Waals surface area (Å²) >= 11 is 12.1. The largest absolute Gasteiger partial charge is 0.495 e. The molecule has 1 unspecified atom stereocenters. The van der Waals surface area contributed by atoms with Gasteiger partial charge >= 0.3 is 0 Å². The number of nitrogens with one attached hydrogen (secondary N) is 1. The van der Waals surface area contributed by atoms with Gasteiger partial charge in [-0.2, -0.15) is 0 Å². The lowest BCUT2D eigenvalue weighted by Gasteiger charge is -2.22. The maximum Gasteiger partial charge on any atom is 0.252 e. The first-order valence-corrected chi connectivity index (χ1v) is 12.4. The van der Waals surface area contributed by atoms with Crippen LogP contribution >= 0.6 is 23.2 Å². The first-order valence-electron chi connectivity index (χ1n) is 11.6. The molecule has 0 aliphatic heterocycles. The van der Waals surface area contributed by atoms with Crippen LogP contribution in [-0.2, 0) is 4.79 Å². The topological polar surface area (TPSA) is 128 Å². The van der Waals surface area contributed by atoms with E-state index in [1.807, 2.05) is 31.2 Å². The highest BCUT2D eigenvalue weighted by molar-refractivity contribution is 6.31. The molecule has 196 valence electrons. The van der Waals surface area contributed by atoms with E-state index in [2.05, 4.69) is 10.3 Å². The molecule has 0 spiro atoms. The number of pyridine rings is 2. The fourth-order valence-corrected chi connectivity index (χ4v) is 4.46. The minimum atomic E-state index is -0.793. The molecule has 0 radical (unpaired) electrons. The van der Waals surface area contributed by atoms with Crippen molar-refractivity contribution in [3.63, 3.8) is 0 Å². The molecule has 1 atom stereocenters. The first kappa shape index (κ1) is 27.0. The van der Waals surface area contributed by atoms with Crippen LogP contribution < -0.4 is 32.2 Å². The van der Waals surface area contributed by atoms with Crippen molar-refractivity contribution in [2.24, 2.45) is 11.6 Å². The van der Waals surface area contributed by atoms with Gasteiger partial charge in [0.25, 0.3) is 5.56 Å². The van der Waals surface area contributed by atoms with Crippen LogP contribution in [0.1, 0.15) is 19.4 Å². The van der Waals surface area contributed by atoms with Crippen molar-refractivity contribution in [3.05, 3.63) is 93.7 Å². The maximum atomic E-state index is 13.3. The lowest BCUT2D eigenvalue weighted by atomic mass is 10.0. The minimum absolute atomic E-state index is 0.0322. The molecular formula is C27H26Cl2N6O3. The average Bonchev–Trinajstić information content (AvgIpc) is 2.89. The number of ether oxygens (including phenoxy) is 1. The van der Waals surface area contributed by atoms with Crippen LogP contribution in [0.3, 0.4) is 0 Å². The molecule has 9 nitrogen and oxygen atoms in total. The van der Waals surface area contributed by atoms with Gasteiger partial charge < -0.3 is 15.8 Å². The average molecular weight is 553 g/mol. The zero-order valence-electron chi connectivity index (χ0n) is 20.7.